The maximum atomic E-state index is 12.9. The van der Waals surface area contributed by atoms with Crippen molar-refractivity contribution in [2.24, 2.45) is 0 Å². The topological polar surface area (TPSA) is 38.3 Å². The van der Waals surface area contributed by atoms with Crippen molar-refractivity contribution in [3.63, 3.8) is 0 Å². The summed E-state index contributed by atoms with van der Waals surface area (Å²) in [6.45, 7) is 0. The molecule has 0 spiro atoms. The van der Waals surface area contributed by atoms with E-state index in [1.807, 2.05) is 18.2 Å². The highest BCUT2D eigenvalue weighted by Gasteiger charge is 2.20. The molecule has 0 aliphatic heterocycles. The lowest BCUT2D eigenvalue weighted by atomic mass is 9.98. The van der Waals surface area contributed by atoms with E-state index in [1.165, 1.54) is 69.1 Å². The Morgan fingerprint density at radius 3 is 2.22 bits per heavy atom. The van der Waals surface area contributed by atoms with E-state index in [9.17, 15) is 4.79 Å². The number of nitrogens with one attached hydrogen (secondary N) is 1. The minimum atomic E-state index is -0.0303. The standard InChI is InChI=1S/C22H30ClNO2S/c1-26-17-13-14-19-18(15-17)20(23)21(27-19)22(25)24-16-11-9-7-5-3-2-4-6-8-10-12-16/h13-16H,2-12H2,1H3,(H,24,25). The van der Waals surface area contributed by atoms with Crippen LogP contribution in [0.1, 0.15) is 80.3 Å². The predicted octanol–water partition coefficient (Wildman–Crippen LogP) is 6.97. The summed E-state index contributed by atoms with van der Waals surface area (Å²) < 4.78 is 6.30. The van der Waals surface area contributed by atoms with Crippen molar-refractivity contribution in [2.75, 3.05) is 7.11 Å². The molecule has 1 aromatic carbocycles. The first-order chi connectivity index (χ1) is 13.2. The zero-order valence-corrected chi connectivity index (χ0v) is 17.8. The molecule has 27 heavy (non-hydrogen) atoms. The van der Waals surface area contributed by atoms with Gasteiger partial charge in [-0.3, -0.25) is 4.79 Å². The van der Waals surface area contributed by atoms with Crippen LogP contribution in [0.5, 0.6) is 5.75 Å². The first-order valence-corrected chi connectivity index (χ1v) is 11.5. The summed E-state index contributed by atoms with van der Waals surface area (Å²) in [4.78, 5) is 13.5. The van der Waals surface area contributed by atoms with Crippen molar-refractivity contribution in [3.05, 3.63) is 28.1 Å². The van der Waals surface area contributed by atoms with Crippen LogP contribution < -0.4 is 10.1 Å². The molecular formula is C22H30ClNO2S. The molecule has 1 N–H and O–H groups in total. The van der Waals surface area contributed by atoms with Crippen LogP contribution in [0.3, 0.4) is 0 Å². The van der Waals surface area contributed by atoms with E-state index in [-0.39, 0.29) is 11.9 Å². The predicted molar refractivity (Wildman–Crippen MR) is 115 cm³/mol. The van der Waals surface area contributed by atoms with Crippen molar-refractivity contribution >= 4 is 38.9 Å². The van der Waals surface area contributed by atoms with E-state index in [1.54, 1.807) is 7.11 Å². The lowest BCUT2D eigenvalue weighted by molar-refractivity contribution is 0.0935. The van der Waals surface area contributed by atoms with Crippen molar-refractivity contribution in [3.8, 4) is 5.75 Å². The van der Waals surface area contributed by atoms with Crippen LogP contribution >= 0.6 is 22.9 Å². The molecular weight excluding hydrogens is 378 g/mol. The minimum Gasteiger partial charge on any atom is -0.497 e. The third-order valence-electron chi connectivity index (χ3n) is 5.48. The summed E-state index contributed by atoms with van der Waals surface area (Å²) in [7, 11) is 1.64. The van der Waals surface area contributed by atoms with Gasteiger partial charge in [-0.25, -0.2) is 0 Å². The monoisotopic (exact) mass is 407 g/mol. The summed E-state index contributed by atoms with van der Waals surface area (Å²) in [5.74, 6) is 0.728. The van der Waals surface area contributed by atoms with Gasteiger partial charge in [0.2, 0.25) is 0 Å². The lowest BCUT2D eigenvalue weighted by Crippen LogP contribution is -2.34. The Balaban J connectivity index is 1.68. The van der Waals surface area contributed by atoms with Crippen molar-refractivity contribution in [1.82, 2.24) is 5.32 Å². The SMILES string of the molecule is COc1ccc2sc(C(=O)NC3CCCCCCCCCCC3)c(Cl)c2c1. The van der Waals surface area contributed by atoms with Crippen LogP contribution in [0.25, 0.3) is 10.1 Å². The number of amides is 1. The number of benzene rings is 1. The normalized spacial score (nSPS) is 17.9. The fourth-order valence-corrected chi connectivity index (χ4v) is 5.27. The van der Waals surface area contributed by atoms with Gasteiger partial charge in [0.25, 0.3) is 5.91 Å². The second-order valence-electron chi connectivity index (χ2n) is 7.54. The van der Waals surface area contributed by atoms with Gasteiger partial charge in [-0.15, -0.1) is 11.3 Å². The van der Waals surface area contributed by atoms with Gasteiger partial charge in [-0.1, -0.05) is 69.4 Å². The summed E-state index contributed by atoms with van der Waals surface area (Å²) in [5.41, 5.74) is 0. The van der Waals surface area contributed by atoms with Gasteiger partial charge >= 0.3 is 0 Å². The number of methoxy groups -OCH3 is 1. The number of thiophene rings is 1. The molecule has 0 saturated heterocycles. The molecule has 1 aliphatic rings. The van der Waals surface area contributed by atoms with Crippen molar-refractivity contribution in [1.29, 1.82) is 0 Å². The highest BCUT2D eigenvalue weighted by molar-refractivity contribution is 7.21. The van der Waals surface area contributed by atoms with Crippen LogP contribution in [0.2, 0.25) is 5.02 Å². The van der Waals surface area contributed by atoms with Crippen LogP contribution in [0.15, 0.2) is 18.2 Å². The molecule has 1 aliphatic carbocycles. The molecule has 3 rings (SSSR count). The molecule has 2 aromatic rings. The zero-order valence-electron chi connectivity index (χ0n) is 16.2. The van der Waals surface area contributed by atoms with E-state index < -0.39 is 0 Å². The minimum absolute atomic E-state index is 0.0303. The summed E-state index contributed by atoms with van der Waals surface area (Å²) >= 11 is 8.00. The molecule has 3 nitrogen and oxygen atoms in total. The second kappa shape index (κ2) is 10.3. The fourth-order valence-electron chi connectivity index (χ4n) is 3.88. The number of carbonyl (C=O) groups is 1. The number of halogens is 1. The Kier molecular flexibility index (Phi) is 7.83. The van der Waals surface area contributed by atoms with E-state index in [4.69, 9.17) is 16.3 Å². The molecule has 148 valence electrons. The average molecular weight is 408 g/mol. The summed E-state index contributed by atoms with van der Waals surface area (Å²) in [6.07, 6.45) is 13.8. The Hall–Kier alpha value is -1.26. The smallest absolute Gasteiger partial charge is 0.263 e. The molecule has 0 atom stereocenters. The Morgan fingerprint density at radius 1 is 1.04 bits per heavy atom. The van der Waals surface area contributed by atoms with E-state index in [0.717, 1.165) is 28.7 Å². The average Bonchev–Trinajstić information content (AvgIpc) is 3.00. The molecule has 0 unspecified atom stereocenters. The summed E-state index contributed by atoms with van der Waals surface area (Å²) in [6, 6.07) is 6.04. The highest BCUT2D eigenvalue weighted by Crippen LogP contribution is 2.37. The van der Waals surface area contributed by atoms with Gasteiger partial charge < -0.3 is 10.1 Å². The van der Waals surface area contributed by atoms with E-state index >= 15 is 0 Å². The van der Waals surface area contributed by atoms with E-state index in [0.29, 0.717) is 9.90 Å². The zero-order chi connectivity index (χ0) is 19.1. The Bertz CT molecular complexity index is 746. The maximum Gasteiger partial charge on any atom is 0.263 e. The third-order valence-corrected chi connectivity index (χ3v) is 7.16. The first-order valence-electron chi connectivity index (χ1n) is 10.3. The quantitative estimate of drug-likeness (QED) is 0.596. The maximum absolute atomic E-state index is 12.9. The molecule has 1 aromatic heterocycles. The molecule has 1 saturated carbocycles. The largest absolute Gasteiger partial charge is 0.497 e. The second-order valence-corrected chi connectivity index (χ2v) is 8.97. The molecule has 0 radical (unpaired) electrons. The molecule has 0 bridgehead atoms. The van der Waals surface area contributed by atoms with Gasteiger partial charge in [0, 0.05) is 16.1 Å². The number of carbonyl (C=O) groups excluding carboxylic acids is 1. The van der Waals surface area contributed by atoms with Crippen LogP contribution in [0.4, 0.5) is 0 Å². The van der Waals surface area contributed by atoms with E-state index in [2.05, 4.69) is 5.32 Å². The Morgan fingerprint density at radius 2 is 1.63 bits per heavy atom. The van der Waals surface area contributed by atoms with Crippen molar-refractivity contribution in [2.45, 2.75) is 76.7 Å². The third kappa shape index (κ3) is 5.61. The number of hydrogen-bond donors (Lipinski definition) is 1. The number of fused-ring (bicyclic) bond motifs is 1. The fraction of sp³-hybridized carbons (Fsp3) is 0.591. The van der Waals surface area contributed by atoms with Crippen molar-refractivity contribution < 1.29 is 9.53 Å². The highest BCUT2D eigenvalue weighted by atomic mass is 35.5. The summed E-state index contributed by atoms with van der Waals surface area (Å²) in [5, 5.41) is 4.71. The number of hydrogen-bond acceptors (Lipinski definition) is 3. The van der Waals surface area contributed by atoms with Crippen LogP contribution in [-0.4, -0.2) is 19.1 Å². The molecule has 1 fully saturated rings. The molecule has 5 heteroatoms. The number of rotatable bonds is 3. The Labute approximate surface area is 171 Å². The van der Waals surface area contributed by atoms with Gasteiger partial charge in [-0.05, 0) is 31.0 Å². The van der Waals surface area contributed by atoms with Gasteiger partial charge in [0.1, 0.15) is 10.6 Å². The lowest BCUT2D eigenvalue weighted by Gasteiger charge is -2.19. The van der Waals surface area contributed by atoms with Crippen LogP contribution in [0, 0.1) is 0 Å². The first kappa shape index (κ1) is 20.5. The van der Waals surface area contributed by atoms with Gasteiger partial charge in [-0.2, -0.15) is 0 Å². The van der Waals surface area contributed by atoms with Gasteiger partial charge in [0.05, 0.1) is 12.1 Å². The van der Waals surface area contributed by atoms with Crippen LogP contribution in [-0.2, 0) is 0 Å². The molecule has 1 amide bonds. The number of ether oxygens (including phenoxy) is 1. The van der Waals surface area contributed by atoms with Gasteiger partial charge in [0.15, 0.2) is 0 Å². The molecule has 1 heterocycles.